The van der Waals surface area contributed by atoms with Crippen molar-refractivity contribution in [3.8, 4) is 0 Å². The van der Waals surface area contributed by atoms with E-state index < -0.39 is 11.8 Å². The minimum Gasteiger partial charge on any atom is -0.478 e. The second-order valence-corrected chi connectivity index (χ2v) is 5.18. The summed E-state index contributed by atoms with van der Waals surface area (Å²) in [7, 11) is 0. The summed E-state index contributed by atoms with van der Waals surface area (Å²) < 4.78 is 19.5. The van der Waals surface area contributed by atoms with E-state index in [1.54, 1.807) is 0 Å². The number of hydrogen-bond acceptors (Lipinski definition) is 3. The SMILES string of the molecule is O=C(O)c1cccc(F)c1NC1CCOC1C1CC1. The van der Waals surface area contributed by atoms with Gasteiger partial charge in [-0.15, -0.1) is 0 Å². The molecule has 1 aromatic rings. The highest BCUT2D eigenvalue weighted by Crippen LogP contribution is 2.40. The fourth-order valence-corrected chi connectivity index (χ4v) is 2.69. The largest absolute Gasteiger partial charge is 0.478 e. The molecule has 5 heteroatoms. The topological polar surface area (TPSA) is 58.6 Å². The first kappa shape index (κ1) is 12.4. The van der Waals surface area contributed by atoms with Gasteiger partial charge in [0, 0.05) is 6.61 Å². The van der Waals surface area contributed by atoms with E-state index in [-0.39, 0.29) is 23.4 Å². The van der Waals surface area contributed by atoms with Crippen LogP contribution in [0.5, 0.6) is 0 Å². The average Bonchev–Trinajstić information content (AvgIpc) is 3.12. The summed E-state index contributed by atoms with van der Waals surface area (Å²) in [5.41, 5.74) is 0.0533. The van der Waals surface area contributed by atoms with Gasteiger partial charge in [0.05, 0.1) is 23.4 Å². The van der Waals surface area contributed by atoms with Crippen molar-refractivity contribution in [3.05, 3.63) is 29.6 Å². The second-order valence-electron chi connectivity index (χ2n) is 5.18. The number of carboxylic acids is 1. The van der Waals surface area contributed by atoms with Crippen LogP contribution in [-0.4, -0.2) is 29.8 Å². The summed E-state index contributed by atoms with van der Waals surface area (Å²) in [6.07, 6.45) is 3.16. The Morgan fingerprint density at radius 1 is 1.37 bits per heavy atom. The van der Waals surface area contributed by atoms with Crippen molar-refractivity contribution >= 4 is 11.7 Å². The van der Waals surface area contributed by atoms with Crippen LogP contribution in [0.25, 0.3) is 0 Å². The smallest absolute Gasteiger partial charge is 0.337 e. The molecule has 1 aromatic carbocycles. The standard InChI is InChI=1S/C14H16FNO3/c15-10-3-1-2-9(14(17)18)12(10)16-11-6-7-19-13(11)8-4-5-8/h1-3,8,11,13,16H,4-7H2,(H,17,18). The Balaban J connectivity index is 1.84. The molecule has 0 amide bonds. The zero-order valence-electron chi connectivity index (χ0n) is 10.4. The Bertz CT molecular complexity index is 501. The van der Waals surface area contributed by atoms with Crippen LogP contribution in [0.2, 0.25) is 0 Å². The summed E-state index contributed by atoms with van der Waals surface area (Å²) in [5, 5.41) is 12.2. The molecular weight excluding hydrogens is 249 g/mol. The molecule has 2 unspecified atom stereocenters. The van der Waals surface area contributed by atoms with E-state index in [9.17, 15) is 9.18 Å². The van der Waals surface area contributed by atoms with Crippen LogP contribution in [0, 0.1) is 11.7 Å². The number of benzene rings is 1. The molecular formula is C14H16FNO3. The van der Waals surface area contributed by atoms with E-state index in [1.165, 1.54) is 18.2 Å². The molecule has 1 aliphatic carbocycles. The number of hydrogen-bond donors (Lipinski definition) is 2. The van der Waals surface area contributed by atoms with Crippen molar-refractivity contribution in [1.29, 1.82) is 0 Å². The molecule has 0 aromatic heterocycles. The van der Waals surface area contributed by atoms with Crippen LogP contribution in [-0.2, 0) is 4.74 Å². The molecule has 4 nitrogen and oxygen atoms in total. The van der Waals surface area contributed by atoms with Gasteiger partial charge in [-0.05, 0) is 37.3 Å². The lowest BCUT2D eigenvalue weighted by molar-refractivity contribution is 0.0696. The lowest BCUT2D eigenvalue weighted by Crippen LogP contribution is -2.32. The quantitative estimate of drug-likeness (QED) is 0.878. The van der Waals surface area contributed by atoms with Crippen molar-refractivity contribution in [3.63, 3.8) is 0 Å². The van der Waals surface area contributed by atoms with E-state index >= 15 is 0 Å². The van der Waals surface area contributed by atoms with Gasteiger partial charge in [0.15, 0.2) is 0 Å². The lowest BCUT2D eigenvalue weighted by Gasteiger charge is -2.21. The van der Waals surface area contributed by atoms with E-state index in [1.807, 2.05) is 0 Å². The molecule has 0 radical (unpaired) electrons. The number of rotatable bonds is 4. The number of carboxylic acid groups (broad SMARTS) is 1. The second kappa shape index (κ2) is 4.81. The third-order valence-electron chi connectivity index (χ3n) is 3.80. The Morgan fingerprint density at radius 2 is 2.16 bits per heavy atom. The minimum absolute atomic E-state index is 0.00231. The zero-order valence-corrected chi connectivity index (χ0v) is 10.4. The molecule has 1 saturated carbocycles. The van der Waals surface area contributed by atoms with E-state index in [2.05, 4.69) is 5.32 Å². The van der Waals surface area contributed by atoms with E-state index in [0.717, 1.165) is 19.3 Å². The van der Waals surface area contributed by atoms with Crippen LogP contribution in [0.3, 0.4) is 0 Å². The summed E-state index contributed by atoms with van der Waals surface area (Å²) in [6, 6.07) is 4.10. The summed E-state index contributed by atoms with van der Waals surface area (Å²) >= 11 is 0. The summed E-state index contributed by atoms with van der Waals surface area (Å²) in [5.74, 6) is -1.11. The lowest BCUT2D eigenvalue weighted by atomic mass is 10.0. The molecule has 2 fully saturated rings. The van der Waals surface area contributed by atoms with Gasteiger partial charge in [0.1, 0.15) is 5.82 Å². The zero-order chi connectivity index (χ0) is 13.4. The maximum atomic E-state index is 13.8. The van der Waals surface area contributed by atoms with Gasteiger partial charge in [-0.2, -0.15) is 0 Å². The highest BCUT2D eigenvalue weighted by atomic mass is 19.1. The van der Waals surface area contributed by atoms with Gasteiger partial charge in [0.25, 0.3) is 0 Å². The predicted octanol–water partition coefficient (Wildman–Crippen LogP) is 2.50. The monoisotopic (exact) mass is 265 g/mol. The van der Waals surface area contributed by atoms with Gasteiger partial charge < -0.3 is 15.2 Å². The molecule has 2 atom stereocenters. The highest BCUT2D eigenvalue weighted by Gasteiger charge is 2.41. The van der Waals surface area contributed by atoms with Gasteiger partial charge in [-0.1, -0.05) is 6.07 Å². The van der Waals surface area contributed by atoms with Gasteiger partial charge in [-0.3, -0.25) is 0 Å². The summed E-state index contributed by atoms with van der Waals surface area (Å²) in [4.78, 5) is 11.1. The van der Waals surface area contributed by atoms with Crippen molar-refractivity contribution < 1.29 is 19.0 Å². The molecule has 2 aliphatic rings. The number of ether oxygens (including phenoxy) is 1. The molecule has 1 heterocycles. The number of anilines is 1. The molecule has 3 rings (SSSR count). The Kier molecular flexibility index (Phi) is 3.14. The van der Waals surface area contributed by atoms with Crippen LogP contribution >= 0.6 is 0 Å². The fraction of sp³-hybridized carbons (Fsp3) is 0.500. The van der Waals surface area contributed by atoms with Crippen molar-refractivity contribution in [2.24, 2.45) is 5.92 Å². The van der Waals surface area contributed by atoms with Crippen molar-refractivity contribution in [2.45, 2.75) is 31.4 Å². The third-order valence-corrected chi connectivity index (χ3v) is 3.80. The Labute approximate surface area is 110 Å². The summed E-state index contributed by atoms with van der Waals surface area (Å²) in [6.45, 7) is 0.649. The first-order chi connectivity index (χ1) is 9.16. The van der Waals surface area contributed by atoms with Crippen LogP contribution in [0.4, 0.5) is 10.1 Å². The maximum absolute atomic E-state index is 13.8. The predicted molar refractivity (Wildman–Crippen MR) is 67.9 cm³/mol. The number of carbonyl (C=O) groups is 1. The van der Waals surface area contributed by atoms with Crippen LogP contribution in [0.15, 0.2) is 18.2 Å². The molecule has 0 bridgehead atoms. The number of nitrogens with one attached hydrogen (secondary N) is 1. The molecule has 2 N–H and O–H groups in total. The van der Waals surface area contributed by atoms with Crippen molar-refractivity contribution in [1.82, 2.24) is 0 Å². The molecule has 1 saturated heterocycles. The average molecular weight is 265 g/mol. The molecule has 102 valence electrons. The number of aromatic carboxylic acids is 1. The first-order valence-electron chi connectivity index (χ1n) is 6.57. The normalized spacial score (nSPS) is 26.4. The van der Waals surface area contributed by atoms with Gasteiger partial charge >= 0.3 is 5.97 Å². The van der Waals surface area contributed by atoms with E-state index in [4.69, 9.17) is 9.84 Å². The fourth-order valence-electron chi connectivity index (χ4n) is 2.69. The van der Waals surface area contributed by atoms with Gasteiger partial charge in [0.2, 0.25) is 0 Å². The molecule has 0 spiro atoms. The number of para-hydroxylation sites is 1. The van der Waals surface area contributed by atoms with Crippen molar-refractivity contribution in [2.75, 3.05) is 11.9 Å². The van der Waals surface area contributed by atoms with Gasteiger partial charge in [-0.25, -0.2) is 9.18 Å². The van der Waals surface area contributed by atoms with Crippen LogP contribution < -0.4 is 5.32 Å². The Morgan fingerprint density at radius 3 is 2.84 bits per heavy atom. The molecule has 1 aliphatic heterocycles. The number of halogens is 1. The maximum Gasteiger partial charge on any atom is 0.337 e. The Hall–Kier alpha value is -1.62. The molecule has 19 heavy (non-hydrogen) atoms. The van der Waals surface area contributed by atoms with Crippen LogP contribution in [0.1, 0.15) is 29.6 Å². The third kappa shape index (κ3) is 2.42. The van der Waals surface area contributed by atoms with E-state index in [0.29, 0.717) is 12.5 Å². The minimum atomic E-state index is -1.12. The first-order valence-corrected chi connectivity index (χ1v) is 6.57. The highest BCUT2D eigenvalue weighted by molar-refractivity contribution is 5.94.